The predicted octanol–water partition coefficient (Wildman–Crippen LogP) is 20.9. The Morgan fingerprint density at radius 1 is 0.319 bits per heavy atom. The normalized spacial score (nSPS) is 13.1. The van der Waals surface area contributed by atoms with Crippen LogP contribution in [0.15, 0.2) is 122 Å². The van der Waals surface area contributed by atoms with Gasteiger partial charge in [-0.25, -0.2) is 0 Å². The molecule has 72 heavy (non-hydrogen) atoms. The van der Waals surface area contributed by atoms with Gasteiger partial charge in [-0.1, -0.05) is 245 Å². The number of esters is 2. The number of rotatable bonds is 54. The Labute approximate surface area is 446 Å². The Kier molecular flexibility index (Phi) is 58.4. The molecule has 0 aromatic rings. The molecule has 5 nitrogen and oxygen atoms in total. The third-order valence-corrected chi connectivity index (χ3v) is 12.5. The molecule has 5 heteroatoms. The van der Waals surface area contributed by atoms with E-state index in [1.54, 1.807) is 0 Å². The summed E-state index contributed by atoms with van der Waals surface area (Å²) < 4.78 is 17.5. The molecule has 0 heterocycles. The third-order valence-electron chi connectivity index (χ3n) is 12.5. The summed E-state index contributed by atoms with van der Waals surface area (Å²) in [5.41, 5.74) is 0. The summed E-state index contributed by atoms with van der Waals surface area (Å²) in [6.07, 6.45) is 86.5. The van der Waals surface area contributed by atoms with Gasteiger partial charge in [0, 0.05) is 19.4 Å². The molecule has 0 radical (unpaired) electrons. The average Bonchev–Trinajstić information content (AvgIpc) is 3.38. The summed E-state index contributed by atoms with van der Waals surface area (Å²) in [6, 6.07) is 0. The van der Waals surface area contributed by atoms with E-state index in [9.17, 15) is 9.59 Å². The summed E-state index contributed by atoms with van der Waals surface area (Å²) in [7, 11) is 0. The van der Waals surface area contributed by atoms with Crippen LogP contribution in [0.25, 0.3) is 0 Å². The van der Waals surface area contributed by atoms with E-state index in [0.29, 0.717) is 19.4 Å². The second-order valence-electron chi connectivity index (χ2n) is 19.5. The predicted molar refractivity (Wildman–Crippen MR) is 316 cm³/mol. The minimum Gasteiger partial charge on any atom is -0.462 e. The smallest absolute Gasteiger partial charge is 0.306 e. The van der Waals surface area contributed by atoms with E-state index in [1.165, 1.54) is 109 Å². The Morgan fingerprint density at radius 2 is 0.625 bits per heavy atom. The zero-order valence-corrected chi connectivity index (χ0v) is 47.2. The molecule has 0 bridgehead atoms. The minimum absolute atomic E-state index is 0.0530. The van der Waals surface area contributed by atoms with Crippen LogP contribution in [0.5, 0.6) is 0 Å². The molecule has 0 rings (SSSR count). The summed E-state index contributed by atoms with van der Waals surface area (Å²) in [5.74, 6) is -0.448. The lowest BCUT2D eigenvalue weighted by atomic mass is 10.1. The third kappa shape index (κ3) is 58.9. The Morgan fingerprint density at radius 3 is 1.03 bits per heavy atom. The number of carbonyl (C=O) groups is 2. The number of hydrogen-bond acceptors (Lipinski definition) is 5. The molecule has 0 amide bonds. The minimum atomic E-state index is -0.571. The largest absolute Gasteiger partial charge is 0.462 e. The molecule has 0 aromatic carbocycles. The van der Waals surface area contributed by atoms with Crippen LogP contribution in [0, 0.1) is 0 Å². The molecule has 1 unspecified atom stereocenters. The van der Waals surface area contributed by atoms with Gasteiger partial charge >= 0.3 is 11.9 Å². The number of unbranched alkanes of at least 4 members (excludes halogenated alkanes) is 23. The lowest BCUT2D eigenvalue weighted by molar-refractivity contribution is -0.163. The Hall–Kier alpha value is -3.70. The molecular formula is C67H112O5. The van der Waals surface area contributed by atoms with Crippen molar-refractivity contribution in [2.45, 2.75) is 271 Å². The molecular weight excluding hydrogens is 885 g/mol. The number of hydrogen-bond donors (Lipinski definition) is 0. The average molecular weight is 998 g/mol. The first kappa shape index (κ1) is 68.3. The van der Waals surface area contributed by atoms with Crippen molar-refractivity contribution in [2.75, 3.05) is 19.8 Å². The highest BCUT2D eigenvalue weighted by Gasteiger charge is 2.17. The summed E-state index contributed by atoms with van der Waals surface area (Å²) in [5, 5.41) is 0. The van der Waals surface area contributed by atoms with Crippen molar-refractivity contribution in [3.8, 4) is 0 Å². The van der Waals surface area contributed by atoms with Crippen molar-refractivity contribution in [3.63, 3.8) is 0 Å². The number of allylic oxidation sites excluding steroid dienone is 20. The van der Waals surface area contributed by atoms with Gasteiger partial charge in [0.2, 0.25) is 0 Å². The zero-order valence-electron chi connectivity index (χ0n) is 47.2. The fourth-order valence-electron chi connectivity index (χ4n) is 8.05. The monoisotopic (exact) mass is 997 g/mol. The quantitative estimate of drug-likeness (QED) is 0.0345. The first-order chi connectivity index (χ1) is 35.6. The van der Waals surface area contributed by atoms with Gasteiger partial charge in [-0.05, 0) is 128 Å². The van der Waals surface area contributed by atoms with Gasteiger partial charge < -0.3 is 14.2 Å². The van der Waals surface area contributed by atoms with E-state index in [4.69, 9.17) is 14.2 Å². The van der Waals surface area contributed by atoms with Gasteiger partial charge in [0.25, 0.3) is 0 Å². The van der Waals surface area contributed by atoms with E-state index in [-0.39, 0.29) is 25.2 Å². The maximum atomic E-state index is 12.9. The summed E-state index contributed by atoms with van der Waals surface area (Å²) >= 11 is 0. The van der Waals surface area contributed by atoms with Crippen LogP contribution < -0.4 is 0 Å². The molecule has 0 aromatic heterocycles. The molecule has 0 fully saturated rings. The maximum absolute atomic E-state index is 12.9. The van der Waals surface area contributed by atoms with E-state index in [1.807, 2.05) is 0 Å². The van der Waals surface area contributed by atoms with Gasteiger partial charge in [0.15, 0.2) is 6.10 Å². The Balaban J connectivity index is 4.40. The molecule has 0 aliphatic heterocycles. The lowest BCUT2D eigenvalue weighted by Gasteiger charge is -2.18. The lowest BCUT2D eigenvalue weighted by Crippen LogP contribution is -2.30. The van der Waals surface area contributed by atoms with Crippen LogP contribution in [0.1, 0.15) is 265 Å². The van der Waals surface area contributed by atoms with Crippen molar-refractivity contribution < 1.29 is 23.8 Å². The zero-order chi connectivity index (χ0) is 52.0. The van der Waals surface area contributed by atoms with E-state index >= 15 is 0 Å². The maximum Gasteiger partial charge on any atom is 0.306 e. The van der Waals surface area contributed by atoms with Gasteiger partial charge in [0.1, 0.15) is 6.61 Å². The van der Waals surface area contributed by atoms with Crippen LogP contribution in [0.4, 0.5) is 0 Å². The molecule has 0 saturated heterocycles. The van der Waals surface area contributed by atoms with Crippen LogP contribution in [0.2, 0.25) is 0 Å². The standard InChI is InChI=1S/C67H112O5/c1-4-7-10-13-16-19-22-25-28-31-34-36-39-42-45-48-51-54-57-60-66(68)71-64-65(63-70-62-59-56-53-50-47-44-41-38-33-30-27-24-21-18-15-12-9-6-3)72-67(69)61-58-55-52-49-46-43-40-37-35-32-29-26-23-20-17-14-11-8-5-2/h7,9-10,12,16,18-19,21,25-30,34,36,38,41-42,45,65H,4-6,8,11,13-15,17,20,22-24,31-33,35,37,39-40,43-44,46-64H2,1-3H3/b10-7-,12-9-,19-16-,21-18-,28-25-,29-26-,30-27-,36-34-,41-38-,45-42-. The molecule has 0 spiro atoms. The fourth-order valence-corrected chi connectivity index (χ4v) is 8.05. The van der Waals surface area contributed by atoms with Crippen LogP contribution >= 0.6 is 0 Å². The van der Waals surface area contributed by atoms with Crippen LogP contribution in [-0.2, 0) is 23.8 Å². The van der Waals surface area contributed by atoms with Crippen molar-refractivity contribution in [1.82, 2.24) is 0 Å². The topological polar surface area (TPSA) is 61.8 Å². The van der Waals surface area contributed by atoms with E-state index < -0.39 is 6.10 Å². The molecule has 410 valence electrons. The highest BCUT2D eigenvalue weighted by molar-refractivity contribution is 5.70. The van der Waals surface area contributed by atoms with E-state index in [2.05, 4.69) is 142 Å². The molecule has 1 atom stereocenters. The Bertz CT molecular complexity index is 1450. The van der Waals surface area contributed by atoms with Crippen molar-refractivity contribution in [2.24, 2.45) is 0 Å². The summed E-state index contributed by atoms with van der Waals surface area (Å²) in [4.78, 5) is 25.6. The number of ether oxygens (including phenoxy) is 3. The van der Waals surface area contributed by atoms with Gasteiger partial charge in [-0.2, -0.15) is 0 Å². The van der Waals surface area contributed by atoms with Crippen molar-refractivity contribution in [1.29, 1.82) is 0 Å². The van der Waals surface area contributed by atoms with Gasteiger partial charge in [0.05, 0.1) is 6.61 Å². The first-order valence-corrected chi connectivity index (χ1v) is 30.1. The molecule has 0 N–H and O–H groups in total. The number of carbonyl (C=O) groups excluding carboxylic acids is 2. The van der Waals surface area contributed by atoms with Crippen molar-refractivity contribution in [3.05, 3.63) is 122 Å². The summed E-state index contributed by atoms with van der Waals surface area (Å²) in [6.45, 7) is 7.53. The SMILES string of the molecule is CC/C=C\C/C=C\C/C=C\C/C=C\C/C=C\CCCCCC(=O)OCC(COCCCCCCC/C=C\C/C=C\C/C=C\C/C=C\CC)OC(=O)CCCCCCCCCCC/C=C\CCCCCCCC. The first-order valence-electron chi connectivity index (χ1n) is 30.1. The van der Waals surface area contributed by atoms with Crippen molar-refractivity contribution >= 4 is 11.9 Å². The second-order valence-corrected chi connectivity index (χ2v) is 19.5. The van der Waals surface area contributed by atoms with Gasteiger partial charge in [-0.15, -0.1) is 0 Å². The second kappa shape index (κ2) is 61.6. The van der Waals surface area contributed by atoms with Gasteiger partial charge in [-0.3, -0.25) is 9.59 Å². The van der Waals surface area contributed by atoms with Crippen LogP contribution in [-0.4, -0.2) is 37.9 Å². The molecule has 0 aliphatic carbocycles. The molecule has 0 saturated carbocycles. The molecule has 0 aliphatic rings. The van der Waals surface area contributed by atoms with Crippen LogP contribution in [0.3, 0.4) is 0 Å². The highest BCUT2D eigenvalue weighted by Crippen LogP contribution is 2.14. The highest BCUT2D eigenvalue weighted by atomic mass is 16.6. The van der Waals surface area contributed by atoms with E-state index in [0.717, 1.165) is 122 Å². The fraction of sp³-hybridized carbons (Fsp3) is 0.672.